The van der Waals surface area contributed by atoms with Crippen molar-refractivity contribution in [2.45, 2.75) is 57.4 Å². The molecule has 3 amide bonds. The maximum atomic E-state index is 14.3. The number of sulfonamides is 1. The van der Waals surface area contributed by atoms with Crippen LogP contribution in [-0.4, -0.2) is 94.5 Å². The molecule has 2 fully saturated rings. The van der Waals surface area contributed by atoms with Crippen LogP contribution in [0.25, 0.3) is 10.1 Å². The van der Waals surface area contributed by atoms with Crippen LogP contribution in [0.2, 0.25) is 0 Å². The second-order valence-electron chi connectivity index (χ2n) is 13.5. The molecule has 12 nitrogen and oxygen atoms in total. The first kappa shape index (κ1) is 37.0. The molecular formula is C32H39F2N4O8PS2. The van der Waals surface area contributed by atoms with Crippen molar-refractivity contribution in [2.75, 3.05) is 32.4 Å². The number of amides is 3. The van der Waals surface area contributed by atoms with Crippen LogP contribution in [0.1, 0.15) is 60.5 Å². The standard InChI is InChI=1S/C32H39F2N4O8PS2/c1-31(2,3)27(35-28(39)26-18-21-17-22(12-13-25(21)48-26)32(33,34)47(42,43)44)30(41)37-14-8-11-23(37)29(40)36-15-16-38(49(4,45)46)24(19-36)20-9-6-5-7-10-20/h5-7,9-10,12-13,17-18,23-24,27H,8,11,14-16,19H2,1-4H3,(H,35,39)(H2,42,43,44)/t23-,24+,27+/m0/s1. The topological polar surface area (TPSA) is 165 Å². The monoisotopic (exact) mass is 740 g/mol. The highest BCUT2D eigenvalue weighted by atomic mass is 32.2. The number of nitrogens with zero attached hydrogens (tertiary/aromatic N) is 3. The van der Waals surface area contributed by atoms with Crippen molar-refractivity contribution in [2.24, 2.45) is 5.41 Å². The first-order chi connectivity index (χ1) is 22.7. The number of hydrogen-bond donors (Lipinski definition) is 3. The lowest BCUT2D eigenvalue weighted by Gasteiger charge is -2.42. The molecule has 3 atom stereocenters. The molecule has 17 heteroatoms. The molecule has 3 aromatic rings. The van der Waals surface area contributed by atoms with Gasteiger partial charge in [-0.3, -0.25) is 18.9 Å². The van der Waals surface area contributed by atoms with Gasteiger partial charge in [0.15, 0.2) is 0 Å². The first-order valence-corrected chi connectivity index (χ1v) is 19.9. The number of alkyl halides is 2. The van der Waals surface area contributed by atoms with Crippen molar-refractivity contribution >= 4 is 56.8 Å². The molecule has 2 aromatic carbocycles. The molecule has 0 radical (unpaired) electrons. The van der Waals surface area contributed by atoms with Gasteiger partial charge in [0.05, 0.1) is 17.2 Å². The zero-order valence-corrected chi connectivity index (χ0v) is 29.9. The van der Waals surface area contributed by atoms with Crippen molar-refractivity contribution in [3.8, 4) is 0 Å². The van der Waals surface area contributed by atoms with E-state index in [1.165, 1.54) is 21.3 Å². The van der Waals surface area contributed by atoms with Gasteiger partial charge in [0.2, 0.25) is 21.8 Å². The van der Waals surface area contributed by atoms with Gasteiger partial charge in [-0.25, -0.2) is 8.42 Å². The summed E-state index contributed by atoms with van der Waals surface area (Å²) in [5, 5.41) is 2.95. The molecule has 2 saturated heterocycles. The maximum absolute atomic E-state index is 14.3. The minimum Gasteiger partial charge on any atom is -0.339 e. The zero-order chi connectivity index (χ0) is 36.1. The van der Waals surface area contributed by atoms with Gasteiger partial charge >= 0.3 is 13.3 Å². The second-order valence-corrected chi connectivity index (χ2v) is 18.2. The third kappa shape index (κ3) is 7.59. The number of benzene rings is 2. The zero-order valence-electron chi connectivity index (χ0n) is 27.4. The predicted molar refractivity (Wildman–Crippen MR) is 181 cm³/mol. The number of halogens is 2. The summed E-state index contributed by atoms with van der Waals surface area (Å²) >= 11 is 0.970. The van der Waals surface area contributed by atoms with Crippen LogP contribution in [0, 0.1) is 5.41 Å². The van der Waals surface area contributed by atoms with E-state index in [-0.39, 0.29) is 42.3 Å². The molecule has 0 bridgehead atoms. The number of fused-ring (bicyclic) bond motifs is 1. The quantitative estimate of drug-likeness (QED) is 0.291. The number of likely N-dealkylation sites (tertiary alicyclic amines) is 1. The number of hydrogen-bond acceptors (Lipinski definition) is 7. The Morgan fingerprint density at radius 2 is 1.69 bits per heavy atom. The van der Waals surface area contributed by atoms with Gasteiger partial charge in [0.25, 0.3) is 5.91 Å². The molecule has 0 saturated carbocycles. The summed E-state index contributed by atoms with van der Waals surface area (Å²) in [5.41, 5.74) is -5.37. The van der Waals surface area contributed by atoms with Crippen LogP contribution in [0.4, 0.5) is 8.78 Å². The van der Waals surface area contributed by atoms with Crippen molar-refractivity contribution in [3.05, 3.63) is 70.6 Å². The van der Waals surface area contributed by atoms with Crippen molar-refractivity contribution in [1.82, 2.24) is 19.4 Å². The van der Waals surface area contributed by atoms with E-state index in [1.807, 2.05) is 18.2 Å². The molecule has 2 aliphatic rings. The maximum Gasteiger partial charge on any atom is 0.399 e. The first-order valence-electron chi connectivity index (χ1n) is 15.6. The fourth-order valence-electron chi connectivity index (χ4n) is 6.34. The smallest absolute Gasteiger partial charge is 0.339 e. The molecule has 0 aliphatic carbocycles. The molecular weight excluding hydrogens is 701 g/mol. The van der Waals surface area contributed by atoms with Crippen molar-refractivity contribution in [3.63, 3.8) is 0 Å². The Morgan fingerprint density at radius 1 is 1.02 bits per heavy atom. The number of rotatable bonds is 8. The van der Waals surface area contributed by atoms with Crippen LogP contribution in [0.3, 0.4) is 0 Å². The van der Waals surface area contributed by atoms with E-state index >= 15 is 0 Å². The molecule has 2 aliphatic heterocycles. The molecule has 0 spiro atoms. The average Bonchev–Trinajstić information content (AvgIpc) is 3.69. The number of nitrogens with one attached hydrogen (secondary N) is 1. The third-order valence-corrected chi connectivity index (χ3v) is 12.3. The van der Waals surface area contributed by atoms with E-state index in [4.69, 9.17) is 9.79 Å². The number of carbonyl (C=O) groups excluding carboxylic acids is 3. The summed E-state index contributed by atoms with van der Waals surface area (Å²) in [6.45, 7) is 5.93. The van der Waals surface area contributed by atoms with Crippen LogP contribution < -0.4 is 5.32 Å². The largest absolute Gasteiger partial charge is 0.399 e. The summed E-state index contributed by atoms with van der Waals surface area (Å²) in [7, 11) is -9.37. The number of thiophene rings is 1. The summed E-state index contributed by atoms with van der Waals surface area (Å²) in [6.07, 6.45) is 2.09. The van der Waals surface area contributed by atoms with Crippen molar-refractivity contribution < 1.29 is 45.9 Å². The van der Waals surface area contributed by atoms with Gasteiger partial charge in [-0.15, -0.1) is 11.3 Å². The lowest BCUT2D eigenvalue weighted by molar-refractivity contribution is -0.147. The van der Waals surface area contributed by atoms with Gasteiger partial charge in [0.1, 0.15) is 12.1 Å². The number of piperazine rings is 1. The van der Waals surface area contributed by atoms with Crippen LogP contribution >= 0.6 is 18.9 Å². The molecule has 49 heavy (non-hydrogen) atoms. The van der Waals surface area contributed by atoms with E-state index in [1.54, 1.807) is 37.8 Å². The summed E-state index contributed by atoms with van der Waals surface area (Å²) in [6, 6.07) is 11.0. The Labute approximate surface area is 287 Å². The summed E-state index contributed by atoms with van der Waals surface area (Å²) < 4.78 is 67.1. The fraction of sp³-hybridized carbons (Fsp3) is 0.469. The lowest BCUT2D eigenvalue weighted by atomic mass is 9.85. The molecule has 0 unspecified atom stereocenters. The van der Waals surface area contributed by atoms with Gasteiger partial charge in [-0.05, 0) is 47.4 Å². The van der Waals surface area contributed by atoms with Gasteiger partial charge in [-0.1, -0.05) is 57.2 Å². The Bertz CT molecular complexity index is 1910. The fourth-order valence-corrected chi connectivity index (χ4v) is 8.82. The Hall–Kier alpha value is -3.27. The summed E-state index contributed by atoms with van der Waals surface area (Å²) in [4.78, 5) is 63.1. The van der Waals surface area contributed by atoms with E-state index in [0.29, 0.717) is 17.5 Å². The molecule has 3 N–H and O–H groups in total. The van der Waals surface area contributed by atoms with Gasteiger partial charge in [0, 0.05) is 36.4 Å². The molecule has 5 rings (SSSR count). The molecule has 266 valence electrons. The highest BCUT2D eigenvalue weighted by Gasteiger charge is 2.50. The minimum absolute atomic E-state index is 0.0958. The van der Waals surface area contributed by atoms with Crippen LogP contribution in [0.15, 0.2) is 54.6 Å². The predicted octanol–water partition coefficient (Wildman–Crippen LogP) is 4.11. The van der Waals surface area contributed by atoms with E-state index in [9.17, 15) is 36.1 Å². The Kier molecular flexibility index (Phi) is 10.2. The summed E-state index contributed by atoms with van der Waals surface area (Å²) in [5.74, 6) is -1.41. The van der Waals surface area contributed by atoms with Gasteiger partial charge in [-0.2, -0.15) is 13.1 Å². The van der Waals surface area contributed by atoms with Crippen molar-refractivity contribution in [1.29, 1.82) is 0 Å². The highest BCUT2D eigenvalue weighted by molar-refractivity contribution is 7.88. The SMILES string of the molecule is CC(C)(C)[C@H](NC(=O)c1cc2cc(C(F)(F)P(=O)(O)O)ccc2s1)C(=O)N1CCC[C@H]1C(=O)N1CCN(S(C)(=O)=O)[C@@H](c2ccccc2)C1. The highest BCUT2D eigenvalue weighted by Crippen LogP contribution is 2.59. The van der Waals surface area contributed by atoms with Crippen LogP contribution in [0.5, 0.6) is 0 Å². The van der Waals surface area contributed by atoms with Crippen LogP contribution in [-0.2, 0) is 29.8 Å². The number of carbonyl (C=O) groups is 3. The molecule has 1 aromatic heterocycles. The third-order valence-electron chi connectivity index (χ3n) is 8.92. The van der Waals surface area contributed by atoms with E-state index in [2.05, 4.69) is 5.32 Å². The normalized spacial score (nSPS) is 20.4. The average molecular weight is 741 g/mol. The Morgan fingerprint density at radius 3 is 2.31 bits per heavy atom. The lowest BCUT2D eigenvalue weighted by Crippen LogP contribution is -2.59. The van der Waals surface area contributed by atoms with E-state index < -0.39 is 64.2 Å². The van der Waals surface area contributed by atoms with Gasteiger partial charge < -0.3 is 24.9 Å². The Balaban J connectivity index is 1.35. The molecule has 3 heterocycles. The minimum atomic E-state index is -5.79. The van der Waals surface area contributed by atoms with E-state index in [0.717, 1.165) is 35.3 Å². The second kappa shape index (κ2) is 13.5.